The zero-order valence-corrected chi connectivity index (χ0v) is 14.0. The summed E-state index contributed by atoms with van der Waals surface area (Å²) < 4.78 is 27.2. The zero-order valence-electron chi connectivity index (χ0n) is 12.4. The average Bonchev–Trinajstić information content (AvgIpc) is 2.59. The highest BCUT2D eigenvalue weighted by atomic mass is 32.2. The molecule has 0 unspecified atom stereocenters. The number of rotatable bonds is 5. The maximum Gasteiger partial charge on any atom is 0.345 e. The summed E-state index contributed by atoms with van der Waals surface area (Å²) in [6.45, 7) is 9.75. The normalized spacial score (nSPS) is 13.4. The minimum atomic E-state index is -3.71. The first-order valence-electron chi connectivity index (χ1n) is 6.18. The van der Waals surface area contributed by atoms with Crippen LogP contribution in [0.4, 0.5) is 0 Å². The van der Waals surface area contributed by atoms with Gasteiger partial charge in [0.25, 0.3) is 0 Å². The molecule has 2 N–H and O–H groups in total. The Balaban J connectivity index is 2.97. The van der Waals surface area contributed by atoms with Gasteiger partial charge in [0.2, 0.25) is 10.0 Å². The lowest BCUT2D eigenvalue weighted by atomic mass is 9.82. The predicted octanol–water partition coefficient (Wildman–Crippen LogP) is 2.94. The van der Waals surface area contributed by atoms with Crippen LogP contribution in [0.15, 0.2) is 16.3 Å². The number of carbonyl (C=O) groups is 1. The fraction of sp³-hybridized carbons (Fsp3) is 0.615. The maximum atomic E-state index is 12.3. The van der Waals surface area contributed by atoms with E-state index in [1.54, 1.807) is 0 Å². The fourth-order valence-electron chi connectivity index (χ4n) is 2.36. The Hall–Kier alpha value is -0.920. The second kappa shape index (κ2) is 5.46. The summed E-state index contributed by atoms with van der Waals surface area (Å²) in [4.78, 5) is 10.8. The monoisotopic (exact) mass is 319 g/mol. The van der Waals surface area contributed by atoms with Crippen molar-refractivity contribution in [1.29, 1.82) is 0 Å². The van der Waals surface area contributed by atoms with E-state index in [0.717, 1.165) is 11.3 Å². The summed E-state index contributed by atoms with van der Waals surface area (Å²) in [6, 6.07) is 1.18. The molecule has 0 radical (unpaired) electrons. The Bertz CT molecular complexity index is 594. The molecule has 0 aliphatic carbocycles. The SMILES string of the molecule is CC(C)(C)CC(C)(C)NS(=O)(=O)c1csc(C(=O)O)c1. The molecule has 0 saturated carbocycles. The van der Waals surface area contributed by atoms with Crippen LogP contribution in [-0.4, -0.2) is 25.0 Å². The molecule has 1 aromatic rings. The first-order chi connectivity index (χ1) is 8.82. The molecule has 0 fully saturated rings. The van der Waals surface area contributed by atoms with Gasteiger partial charge in [-0.3, -0.25) is 0 Å². The number of hydrogen-bond acceptors (Lipinski definition) is 4. The highest BCUT2D eigenvalue weighted by molar-refractivity contribution is 7.89. The van der Waals surface area contributed by atoms with E-state index in [0.29, 0.717) is 6.42 Å². The molecule has 1 aromatic heterocycles. The molecule has 0 bridgehead atoms. The van der Waals surface area contributed by atoms with Gasteiger partial charge >= 0.3 is 5.97 Å². The van der Waals surface area contributed by atoms with Crippen molar-refractivity contribution < 1.29 is 18.3 Å². The first-order valence-corrected chi connectivity index (χ1v) is 8.55. The van der Waals surface area contributed by atoms with Gasteiger partial charge in [-0.2, -0.15) is 0 Å². The molecule has 0 aromatic carbocycles. The van der Waals surface area contributed by atoms with Crippen molar-refractivity contribution in [3.63, 3.8) is 0 Å². The molecule has 20 heavy (non-hydrogen) atoms. The van der Waals surface area contributed by atoms with Crippen LogP contribution in [0, 0.1) is 5.41 Å². The van der Waals surface area contributed by atoms with Crippen LogP contribution >= 0.6 is 11.3 Å². The van der Waals surface area contributed by atoms with Crippen LogP contribution in [0.2, 0.25) is 0 Å². The molecule has 1 heterocycles. The van der Waals surface area contributed by atoms with Gasteiger partial charge in [0.05, 0.1) is 4.90 Å². The van der Waals surface area contributed by atoms with Crippen molar-refractivity contribution in [3.05, 3.63) is 16.3 Å². The van der Waals surface area contributed by atoms with Crippen LogP contribution < -0.4 is 4.72 Å². The van der Waals surface area contributed by atoms with Crippen molar-refractivity contribution in [3.8, 4) is 0 Å². The van der Waals surface area contributed by atoms with Crippen molar-refractivity contribution >= 4 is 27.3 Å². The summed E-state index contributed by atoms with van der Waals surface area (Å²) in [7, 11) is -3.71. The van der Waals surface area contributed by atoms with Gasteiger partial charge in [0.1, 0.15) is 4.88 Å². The highest BCUT2D eigenvalue weighted by Gasteiger charge is 2.31. The van der Waals surface area contributed by atoms with Gasteiger partial charge < -0.3 is 5.11 Å². The van der Waals surface area contributed by atoms with Gasteiger partial charge in [-0.15, -0.1) is 11.3 Å². The minimum absolute atomic E-state index is 0.00174. The Morgan fingerprint density at radius 1 is 1.30 bits per heavy atom. The van der Waals surface area contributed by atoms with E-state index in [-0.39, 0.29) is 15.2 Å². The van der Waals surface area contributed by atoms with E-state index < -0.39 is 21.5 Å². The van der Waals surface area contributed by atoms with E-state index in [1.807, 2.05) is 34.6 Å². The number of carboxylic acid groups (broad SMARTS) is 1. The first kappa shape index (κ1) is 17.1. The quantitative estimate of drug-likeness (QED) is 0.874. The molecule has 0 atom stereocenters. The number of aromatic carboxylic acids is 1. The lowest BCUT2D eigenvalue weighted by Crippen LogP contribution is -2.45. The molecule has 114 valence electrons. The summed E-state index contributed by atoms with van der Waals surface area (Å²) in [6.07, 6.45) is 0.662. The Labute approximate surface area is 124 Å². The topological polar surface area (TPSA) is 83.5 Å². The third-order valence-electron chi connectivity index (χ3n) is 2.48. The zero-order chi connectivity index (χ0) is 15.8. The lowest BCUT2D eigenvalue weighted by molar-refractivity contribution is 0.0702. The molecule has 0 aliphatic rings. The van der Waals surface area contributed by atoms with E-state index in [1.165, 1.54) is 11.4 Å². The van der Waals surface area contributed by atoms with E-state index >= 15 is 0 Å². The number of nitrogens with one attached hydrogen (secondary N) is 1. The van der Waals surface area contributed by atoms with Gasteiger partial charge in [0, 0.05) is 10.9 Å². The summed E-state index contributed by atoms with van der Waals surface area (Å²) in [5.41, 5.74) is -0.630. The van der Waals surface area contributed by atoms with Gasteiger partial charge in [-0.25, -0.2) is 17.9 Å². The fourth-order valence-corrected chi connectivity index (χ4v) is 4.88. The number of hydrogen-bond donors (Lipinski definition) is 2. The standard InChI is InChI=1S/C13H21NO4S2/c1-12(2,3)8-13(4,5)14-20(17,18)9-6-10(11(15)16)19-7-9/h6-7,14H,8H2,1-5H3,(H,15,16). The van der Waals surface area contributed by atoms with Crippen LogP contribution in [0.5, 0.6) is 0 Å². The molecule has 0 amide bonds. The number of carboxylic acids is 1. The van der Waals surface area contributed by atoms with Crippen molar-refractivity contribution in [2.45, 2.75) is 51.5 Å². The molecule has 1 rings (SSSR count). The minimum Gasteiger partial charge on any atom is -0.477 e. The second-order valence-corrected chi connectivity index (χ2v) is 9.27. The van der Waals surface area contributed by atoms with Gasteiger partial charge in [0.15, 0.2) is 0 Å². The van der Waals surface area contributed by atoms with Crippen molar-refractivity contribution in [2.75, 3.05) is 0 Å². The smallest absolute Gasteiger partial charge is 0.345 e. The molecular formula is C13H21NO4S2. The maximum absolute atomic E-state index is 12.3. The molecule has 0 aliphatic heterocycles. The van der Waals surface area contributed by atoms with Gasteiger partial charge in [-0.05, 0) is 31.7 Å². The third kappa shape index (κ3) is 4.88. The Morgan fingerprint density at radius 3 is 2.25 bits per heavy atom. The summed E-state index contributed by atoms with van der Waals surface area (Å²) >= 11 is 0.905. The molecule has 0 saturated heterocycles. The largest absolute Gasteiger partial charge is 0.477 e. The van der Waals surface area contributed by atoms with Crippen LogP contribution in [0.1, 0.15) is 50.7 Å². The summed E-state index contributed by atoms with van der Waals surface area (Å²) in [5, 5.41) is 10.2. The van der Waals surface area contributed by atoms with Crippen molar-refractivity contribution in [1.82, 2.24) is 4.72 Å². The predicted molar refractivity (Wildman–Crippen MR) is 79.8 cm³/mol. The van der Waals surface area contributed by atoms with Crippen molar-refractivity contribution in [2.24, 2.45) is 5.41 Å². The third-order valence-corrected chi connectivity index (χ3v) is 5.22. The van der Waals surface area contributed by atoms with E-state index in [2.05, 4.69) is 4.72 Å². The van der Waals surface area contributed by atoms with E-state index in [9.17, 15) is 13.2 Å². The van der Waals surface area contributed by atoms with Crippen LogP contribution in [0.25, 0.3) is 0 Å². The molecule has 0 spiro atoms. The van der Waals surface area contributed by atoms with E-state index in [4.69, 9.17) is 5.11 Å². The van der Waals surface area contributed by atoms with Crippen LogP contribution in [0.3, 0.4) is 0 Å². The number of thiophene rings is 1. The van der Waals surface area contributed by atoms with Crippen LogP contribution in [-0.2, 0) is 10.0 Å². The lowest BCUT2D eigenvalue weighted by Gasteiger charge is -2.32. The summed E-state index contributed by atoms with van der Waals surface area (Å²) in [5.74, 6) is -1.12. The number of sulfonamides is 1. The highest BCUT2D eigenvalue weighted by Crippen LogP contribution is 2.29. The Morgan fingerprint density at radius 2 is 1.85 bits per heavy atom. The molecular weight excluding hydrogens is 298 g/mol. The Kier molecular flexibility index (Phi) is 4.68. The molecule has 7 heteroatoms. The van der Waals surface area contributed by atoms with Gasteiger partial charge in [-0.1, -0.05) is 20.8 Å². The second-order valence-electron chi connectivity index (χ2n) is 6.68. The molecule has 5 nitrogen and oxygen atoms in total. The average molecular weight is 319 g/mol.